The van der Waals surface area contributed by atoms with Gasteiger partial charge in [-0.2, -0.15) is 5.10 Å². The number of aromatic nitrogens is 3. The summed E-state index contributed by atoms with van der Waals surface area (Å²) >= 11 is 0. The summed E-state index contributed by atoms with van der Waals surface area (Å²) in [5, 5.41) is 4.21. The van der Waals surface area contributed by atoms with Crippen LogP contribution >= 0.6 is 0 Å². The molecule has 2 aliphatic rings. The summed E-state index contributed by atoms with van der Waals surface area (Å²) in [4.78, 5) is 16.6. The lowest BCUT2D eigenvalue weighted by Crippen LogP contribution is -2.28. The average molecular weight is 263 g/mol. The summed E-state index contributed by atoms with van der Waals surface area (Å²) in [6.07, 6.45) is 5.50. The molecule has 1 aromatic rings. The molecule has 0 N–H and O–H groups in total. The number of ketones is 1. The number of Topliss-reactive ketones (excluding diaryl/α,β-unsaturated/α-hetero) is 1. The molecule has 1 aromatic heterocycles. The summed E-state index contributed by atoms with van der Waals surface area (Å²) in [5.41, 5.74) is 0. The fraction of sp³-hybridized carbons (Fsp3) is 0.786. The monoisotopic (exact) mass is 263 g/mol. The number of carbonyl (C=O) groups is 1. The molecular weight excluding hydrogens is 242 g/mol. The Bertz CT molecular complexity index is 469. The topological polar surface area (TPSA) is 57.0 Å². The average Bonchev–Trinajstić information content (AvgIpc) is 3.05. The molecule has 2 saturated heterocycles. The second kappa shape index (κ2) is 5.04. The first-order valence-electron chi connectivity index (χ1n) is 7.18. The fourth-order valence-electron chi connectivity index (χ4n) is 3.19. The maximum Gasteiger partial charge on any atom is 0.146 e. The molecule has 3 unspecified atom stereocenters. The summed E-state index contributed by atoms with van der Waals surface area (Å²) < 4.78 is 7.61. The van der Waals surface area contributed by atoms with Crippen molar-refractivity contribution in [3.63, 3.8) is 0 Å². The SMILES string of the molecule is CC(C)Cn1ncnc1CC(=O)C1CC2CCC1O2. The summed E-state index contributed by atoms with van der Waals surface area (Å²) in [6, 6.07) is 0. The van der Waals surface area contributed by atoms with E-state index in [0.717, 1.165) is 31.6 Å². The second-order valence-corrected chi connectivity index (χ2v) is 6.11. The molecule has 0 radical (unpaired) electrons. The van der Waals surface area contributed by atoms with Gasteiger partial charge in [-0.1, -0.05) is 13.8 Å². The third-order valence-electron chi connectivity index (χ3n) is 4.09. The van der Waals surface area contributed by atoms with Gasteiger partial charge < -0.3 is 4.74 Å². The van der Waals surface area contributed by atoms with Crippen molar-refractivity contribution in [2.24, 2.45) is 11.8 Å². The van der Waals surface area contributed by atoms with Crippen LogP contribution < -0.4 is 0 Å². The Kier molecular flexibility index (Phi) is 3.39. The molecule has 0 aliphatic carbocycles. The van der Waals surface area contributed by atoms with E-state index in [1.165, 1.54) is 0 Å². The maximum atomic E-state index is 12.4. The van der Waals surface area contributed by atoms with Crippen molar-refractivity contribution in [2.75, 3.05) is 0 Å². The predicted octanol–water partition coefficient (Wildman–Crippen LogP) is 1.61. The van der Waals surface area contributed by atoms with Crippen molar-refractivity contribution in [1.29, 1.82) is 0 Å². The van der Waals surface area contributed by atoms with E-state index in [4.69, 9.17) is 4.74 Å². The van der Waals surface area contributed by atoms with E-state index in [2.05, 4.69) is 23.9 Å². The number of fused-ring (bicyclic) bond motifs is 2. The first-order chi connectivity index (χ1) is 9.13. The Hall–Kier alpha value is -1.23. The van der Waals surface area contributed by atoms with Gasteiger partial charge >= 0.3 is 0 Å². The molecule has 0 saturated carbocycles. The van der Waals surface area contributed by atoms with Crippen molar-refractivity contribution < 1.29 is 9.53 Å². The molecule has 5 nitrogen and oxygen atoms in total. The molecule has 2 fully saturated rings. The highest BCUT2D eigenvalue weighted by atomic mass is 16.5. The van der Waals surface area contributed by atoms with Crippen LogP contribution in [0.3, 0.4) is 0 Å². The van der Waals surface area contributed by atoms with Crippen molar-refractivity contribution in [3.8, 4) is 0 Å². The fourth-order valence-corrected chi connectivity index (χ4v) is 3.19. The van der Waals surface area contributed by atoms with Gasteiger partial charge in [-0.3, -0.25) is 4.79 Å². The van der Waals surface area contributed by atoms with Crippen LogP contribution in [0.15, 0.2) is 6.33 Å². The van der Waals surface area contributed by atoms with Gasteiger partial charge in [-0.05, 0) is 25.2 Å². The first-order valence-corrected chi connectivity index (χ1v) is 7.18. The zero-order valence-electron chi connectivity index (χ0n) is 11.6. The molecule has 2 bridgehead atoms. The summed E-state index contributed by atoms with van der Waals surface area (Å²) in [7, 11) is 0. The Balaban J connectivity index is 1.65. The van der Waals surface area contributed by atoms with Crippen LogP contribution in [0.1, 0.15) is 38.9 Å². The Morgan fingerprint density at radius 2 is 2.37 bits per heavy atom. The highest BCUT2D eigenvalue weighted by molar-refractivity contribution is 5.83. The predicted molar refractivity (Wildman–Crippen MR) is 69.6 cm³/mol. The lowest BCUT2D eigenvalue weighted by atomic mass is 9.85. The van der Waals surface area contributed by atoms with Gasteiger partial charge in [-0.25, -0.2) is 9.67 Å². The maximum absolute atomic E-state index is 12.4. The normalized spacial score (nSPS) is 29.3. The highest BCUT2D eigenvalue weighted by Gasteiger charge is 2.44. The summed E-state index contributed by atoms with van der Waals surface area (Å²) in [6.45, 7) is 5.09. The zero-order chi connectivity index (χ0) is 13.4. The number of ether oxygens (including phenoxy) is 1. The Labute approximate surface area is 113 Å². The third kappa shape index (κ3) is 2.56. The first kappa shape index (κ1) is 12.8. The zero-order valence-corrected chi connectivity index (χ0v) is 11.6. The van der Waals surface area contributed by atoms with Crippen LogP contribution in [-0.4, -0.2) is 32.8 Å². The molecule has 3 atom stereocenters. The molecule has 0 aromatic carbocycles. The van der Waals surface area contributed by atoms with Crippen LogP contribution in [0, 0.1) is 11.8 Å². The molecule has 2 aliphatic heterocycles. The lowest BCUT2D eigenvalue weighted by Gasteiger charge is -2.17. The molecule has 104 valence electrons. The van der Waals surface area contributed by atoms with Crippen LogP contribution in [0.2, 0.25) is 0 Å². The van der Waals surface area contributed by atoms with E-state index < -0.39 is 0 Å². The molecule has 3 rings (SSSR count). The molecule has 3 heterocycles. The lowest BCUT2D eigenvalue weighted by molar-refractivity contribution is -0.123. The molecule has 0 amide bonds. The number of rotatable bonds is 5. The second-order valence-electron chi connectivity index (χ2n) is 6.11. The van der Waals surface area contributed by atoms with Crippen molar-refractivity contribution in [2.45, 2.75) is 58.3 Å². The van der Waals surface area contributed by atoms with E-state index in [-0.39, 0.29) is 17.8 Å². The van der Waals surface area contributed by atoms with Crippen molar-refractivity contribution in [3.05, 3.63) is 12.2 Å². The number of nitrogens with zero attached hydrogens (tertiary/aromatic N) is 3. The molecule has 19 heavy (non-hydrogen) atoms. The highest BCUT2D eigenvalue weighted by Crippen LogP contribution is 2.39. The quantitative estimate of drug-likeness (QED) is 0.810. The van der Waals surface area contributed by atoms with E-state index in [1.807, 2.05) is 4.68 Å². The third-order valence-corrected chi connectivity index (χ3v) is 4.09. The van der Waals surface area contributed by atoms with Crippen LogP contribution in [0.25, 0.3) is 0 Å². The Morgan fingerprint density at radius 3 is 3.00 bits per heavy atom. The van der Waals surface area contributed by atoms with Crippen molar-refractivity contribution in [1.82, 2.24) is 14.8 Å². The van der Waals surface area contributed by atoms with Gasteiger partial charge in [0.15, 0.2) is 0 Å². The molecule has 0 spiro atoms. The van der Waals surface area contributed by atoms with Gasteiger partial charge in [0.05, 0.1) is 18.6 Å². The van der Waals surface area contributed by atoms with E-state index in [1.54, 1.807) is 6.33 Å². The van der Waals surface area contributed by atoms with E-state index in [0.29, 0.717) is 18.4 Å². The van der Waals surface area contributed by atoms with Gasteiger partial charge in [0.2, 0.25) is 0 Å². The number of hydrogen-bond acceptors (Lipinski definition) is 4. The van der Waals surface area contributed by atoms with Gasteiger partial charge in [-0.15, -0.1) is 0 Å². The largest absolute Gasteiger partial charge is 0.374 e. The van der Waals surface area contributed by atoms with E-state index >= 15 is 0 Å². The molecular formula is C14H21N3O2. The minimum absolute atomic E-state index is 0.0861. The standard InChI is InChI=1S/C14H21N3O2/c1-9(2)7-17-14(15-8-16-17)6-12(18)11-5-10-3-4-13(11)19-10/h8-11,13H,3-7H2,1-2H3. The van der Waals surface area contributed by atoms with Gasteiger partial charge in [0.25, 0.3) is 0 Å². The summed E-state index contributed by atoms with van der Waals surface area (Å²) in [5.74, 6) is 1.65. The molecule has 5 heteroatoms. The van der Waals surface area contributed by atoms with E-state index in [9.17, 15) is 4.79 Å². The van der Waals surface area contributed by atoms with Crippen molar-refractivity contribution >= 4 is 5.78 Å². The van der Waals surface area contributed by atoms with Crippen LogP contribution in [0.5, 0.6) is 0 Å². The van der Waals surface area contributed by atoms with Gasteiger partial charge in [0, 0.05) is 12.5 Å². The van der Waals surface area contributed by atoms with Gasteiger partial charge in [0.1, 0.15) is 17.9 Å². The minimum atomic E-state index is 0.0861. The van der Waals surface area contributed by atoms with Crippen LogP contribution in [-0.2, 0) is 22.5 Å². The number of carbonyl (C=O) groups excluding carboxylic acids is 1. The minimum Gasteiger partial charge on any atom is -0.374 e. The smallest absolute Gasteiger partial charge is 0.146 e. The van der Waals surface area contributed by atoms with Crippen LogP contribution in [0.4, 0.5) is 0 Å². The number of hydrogen-bond donors (Lipinski definition) is 0. The Morgan fingerprint density at radius 1 is 1.53 bits per heavy atom.